The average molecular weight is 364 g/mol. The van der Waals surface area contributed by atoms with E-state index in [1.165, 1.54) is 16.7 Å². The zero-order chi connectivity index (χ0) is 19.2. The molecule has 0 bridgehead atoms. The Bertz CT molecular complexity index is 765. The van der Waals surface area contributed by atoms with Crippen LogP contribution in [0.5, 0.6) is 0 Å². The van der Waals surface area contributed by atoms with E-state index in [2.05, 4.69) is 106 Å². The highest BCUT2D eigenvalue weighted by Crippen LogP contribution is 2.22. The highest BCUT2D eigenvalue weighted by Gasteiger charge is 2.12. The van der Waals surface area contributed by atoms with E-state index >= 15 is 0 Å². The number of hydrogen-bond acceptors (Lipinski definition) is 1. The Morgan fingerprint density at radius 3 is 2.23 bits per heavy atom. The molecule has 2 aromatic rings. The van der Waals surface area contributed by atoms with Gasteiger partial charge in [-0.1, -0.05) is 82.7 Å². The molecule has 0 aliphatic carbocycles. The first kappa shape index (κ1) is 20.5. The minimum atomic E-state index is -1.32. The van der Waals surface area contributed by atoms with E-state index in [9.17, 15) is 0 Å². The van der Waals surface area contributed by atoms with Crippen LogP contribution in [-0.4, -0.2) is 14.6 Å². The first-order chi connectivity index (χ1) is 12.1. The molecule has 0 aliphatic heterocycles. The maximum atomic E-state index is 3.55. The number of rotatable bonds is 5. The second-order valence-electron chi connectivity index (χ2n) is 9.07. The van der Waals surface area contributed by atoms with Crippen molar-refractivity contribution in [2.24, 2.45) is 0 Å². The monoisotopic (exact) mass is 363 g/mol. The van der Waals surface area contributed by atoms with Crippen molar-refractivity contribution in [1.29, 1.82) is 0 Å². The van der Waals surface area contributed by atoms with Gasteiger partial charge in [0.2, 0.25) is 0 Å². The molecule has 0 aliphatic rings. The predicted molar refractivity (Wildman–Crippen MR) is 117 cm³/mol. The molecule has 0 unspecified atom stereocenters. The summed E-state index contributed by atoms with van der Waals surface area (Å²) in [4.78, 5) is 0. The summed E-state index contributed by atoms with van der Waals surface area (Å²) in [7, 11) is -1.32. The van der Waals surface area contributed by atoms with Crippen molar-refractivity contribution in [3.63, 3.8) is 0 Å². The Labute approximate surface area is 161 Å². The Kier molecular flexibility index (Phi) is 6.86. The third kappa shape index (κ3) is 7.20. The summed E-state index contributed by atoms with van der Waals surface area (Å²) in [6.07, 6.45) is 1.03. The summed E-state index contributed by atoms with van der Waals surface area (Å²) in [5, 5.41) is 3.55. The van der Waals surface area contributed by atoms with Crippen LogP contribution in [0.15, 0.2) is 48.5 Å². The first-order valence-electron chi connectivity index (χ1n) is 9.56. The largest absolute Gasteiger partial charge is 0.312 e. The molecule has 2 aromatic carbocycles. The van der Waals surface area contributed by atoms with E-state index in [1.807, 2.05) is 0 Å². The van der Waals surface area contributed by atoms with Gasteiger partial charge in [-0.2, -0.15) is 0 Å². The SMILES string of the molecule is CC(C)(C)c1ccc(CNCCc2cccc(C#C[Si](C)(C)C)c2)cc1. The van der Waals surface area contributed by atoms with Crippen LogP contribution in [0.2, 0.25) is 19.6 Å². The fraction of sp³-hybridized carbons (Fsp3) is 0.417. The third-order valence-corrected chi connectivity index (χ3v) is 5.12. The van der Waals surface area contributed by atoms with Crippen molar-refractivity contribution >= 4 is 8.07 Å². The van der Waals surface area contributed by atoms with Crippen molar-refractivity contribution in [1.82, 2.24) is 5.32 Å². The summed E-state index contributed by atoms with van der Waals surface area (Å²) in [5.74, 6) is 3.35. The molecule has 0 atom stereocenters. The van der Waals surface area contributed by atoms with Gasteiger partial charge in [0.1, 0.15) is 8.07 Å². The lowest BCUT2D eigenvalue weighted by Crippen LogP contribution is -2.17. The van der Waals surface area contributed by atoms with Gasteiger partial charge in [0, 0.05) is 12.1 Å². The lowest BCUT2D eigenvalue weighted by molar-refractivity contribution is 0.589. The molecular formula is C24H33NSi. The van der Waals surface area contributed by atoms with E-state index in [-0.39, 0.29) is 5.41 Å². The van der Waals surface area contributed by atoms with Crippen molar-refractivity contribution < 1.29 is 0 Å². The van der Waals surface area contributed by atoms with Crippen LogP contribution >= 0.6 is 0 Å². The van der Waals surface area contributed by atoms with Gasteiger partial charge in [-0.25, -0.2) is 0 Å². The molecule has 0 amide bonds. The molecule has 0 heterocycles. The van der Waals surface area contributed by atoms with E-state index in [4.69, 9.17) is 0 Å². The van der Waals surface area contributed by atoms with Gasteiger partial charge in [-0.15, -0.1) is 5.54 Å². The predicted octanol–water partition coefficient (Wildman–Crippen LogP) is 5.55. The second-order valence-corrected chi connectivity index (χ2v) is 13.8. The van der Waals surface area contributed by atoms with Crippen molar-refractivity contribution in [3.05, 3.63) is 70.8 Å². The Morgan fingerprint density at radius 1 is 0.923 bits per heavy atom. The minimum absolute atomic E-state index is 0.218. The molecular weight excluding hydrogens is 330 g/mol. The van der Waals surface area contributed by atoms with Gasteiger partial charge < -0.3 is 5.32 Å². The molecule has 0 radical (unpaired) electrons. The molecule has 2 rings (SSSR count). The normalized spacial score (nSPS) is 11.8. The van der Waals surface area contributed by atoms with Crippen molar-refractivity contribution in [3.8, 4) is 11.5 Å². The van der Waals surface area contributed by atoms with Crippen LogP contribution in [0.1, 0.15) is 43.0 Å². The fourth-order valence-electron chi connectivity index (χ4n) is 2.65. The number of benzene rings is 2. The summed E-state index contributed by atoms with van der Waals surface area (Å²) in [5.41, 5.74) is 8.88. The van der Waals surface area contributed by atoms with Gasteiger partial charge in [0.05, 0.1) is 0 Å². The summed E-state index contributed by atoms with van der Waals surface area (Å²) < 4.78 is 0. The molecule has 138 valence electrons. The zero-order valence-electron chi connectivity index (χ0n) is 17.2. The number of nitrogens with one attached hydrogen (secondary N) is 1. The van der Waals surface area contributed by atoms with Gasteiger partial charge in [0.25, 0.3) is 0 Å². The van der Waals surface area contributed by atoms with Crippen LogP contribution in [-0.2, 0) is 18.4 Å². The number of hydrogen-bond donors (Lipinski definition) is 1. The van der Waals surface area contributed by atoms with Crippen molar-refractivity contribution in [2.75, 3.05) is 6.54 Å². The topological polar surface area (TPSA) is 12.0 Å². The van der Waals surface area contributed by atoms with Gasteiger partial charge in [-0.05, 0) is 47.2 Å². The molecule has 1 N–H and O–H groups in total. The quantitative estimate of drug-likeness (QED) is 0.417. The zero-order valence-corrected chi connectivity index (χ0v) is 18.2. The van der Waals surface area contributed by atoms with Gasteiger partial charge in [-0.3, -0.25) is 0 Å². The van der Waals surface area contributed by atoms with Crippen LogP contribution < -0.4 is 5.32 Å². The summed E-state index contributed by atoms with van der Waals surface area (Å²) >= 11 is 0. The minimum Gasteiger partial charge on any atom is -0.312 e. The Balaban J connectivity index is 1.84. The molecule has 0 saturated carbocycles. The van der Waals surface area contributed by atoms with Gasteiger partial charge in [0.15, 0.2) is 0 Å². The highest BCUT2D eigenvalue weighted by molar-refractivity contribution is 6.83. The van der Waals surface area contributed by atoms with Gasteiger partial charge >= 0.3 is 0 Å². The van der Waals surface area contributed by atoms with E-state index < -0.39 is 8.07 Å². The molecule has 0 fully saturated rings. The van der Waals surface area contributed by atoms with Crippen LogP contribution in [0.25, 0.3) is 0 Å². The lowest BCUT2D eigenvalue weighted by Gasteiger charge is -2.19. The fourth-order valence-corrected chi connectivity index (χ4v) is 3.17. The first-order valence-corrected chi connectivity index (χ1v) is 13.1. The molecule has 1 nitrogen and oxygen atoms in total. The van der Waals surface area contributed by atoms with Crippen LogP contribution in [0.3, 0.4) is 0 Å². The standard InChI is InChI=1S/C24H33NSi/c1-24(2,3)23-12-10-22(11-13-23)19-25-16-14-20-8-7-9-21(18-20)15-17-26(4,5)6/h7-13,18,25H,14,16,19H2,1-6H3. The van der Waals surface area contributed by atoms with Crippen LogP contribution in [0, 0.1) is 11.5 Å². The smallest absolute Gasteiger partial charge is 0.129 e. The maximum Gasteiger partial charge on any atom is 0.129 e. The van der Waals surface area contributed by atoms with Crippen LogP contribution in [0.4, 0.5) is 0 Å². The highest BCUT2D eigenvalue weighted by atomic mass is 28.3. The van der Waals surface area contributed by atoms with E-state index in [1.54, 1.807) is 0 Å². The average Bonchev–Trinajstić information content (AvgIpc) is 2.56. The lowest BCUT2D eigenvalue weighted by atomic mass is 9.87. The molecule has 0 saturated heterocycles. The molecule has 0 aromatic heterocycles. The van der Waals surface area contributed by atoms with E-state index in [0.717, 1.165) is 25.1 Å². The summed E-state index contributed by atoms with van der Waals surface area (Å²) in [6, 6.07) is 17.6. The Morgan fingerprint density at radius 2 is 1.62 bits per heavy atom. The summed E-state index contributed by atoms with van der Waals surface area (Å²) in [6.45, 7) is 15.5. The molecule has 0 spiro atoms. The molecule has 26 heavy (non-hydrogen) atoms. The second kappa shape index (κ2) is 8.71. The Hall–Kier alpha value is -1.82. The third-order valence-electron chi connectivity index (χ3n) is 4.25. The molecule has 2 heteroatoms. The maximum absolute atomic E-state index is 3.55. The van der Waals surface area contributed by atoms with E-state index in [0.29, 0.717) is 0 Å². The van der Waals surface area contributed by atoms with Crippen molar-refractivity contribution in [2.45, 2.75) is 58.8 Å².